The monoisotopic (exact) mass is 554 g/mol. The number of nitrogens with one attached hydrogen (secondary N) is 2. The number of anilines is 1. The van der Waals surface area contributed by atoms with E-state index >= 15 is 0 Å². The van der Waals surface area contributed by atoms with Crippen LogP contribution in [0.15, 0.2) is 26.1 Å². The second kappa shape index (κ2) is 8.35. The van der Waals surface area contributed by atoms with Crippen LogP contribution in [0, 0.1) is 23.2 Å². The summed E-state index contributed by atoms with van der Waals surface area (Å²) in [4.78, 5) is 25.1. The first-order valence-electron chi connectivity index (χ1n) is 10.5. The number of halogens is 2. The summed E-state index contributed by atoms with van der Waals surface area (Å²) in [5.41, 5.74) is 1.50. The van der Waals surface area contributed by atoms with Crippen LogP contribution in [0.3, 0.4) is 0 Å². The van der Waals surface area contributed by atoms with Gasteiger partial charge in [0.15, 0.2) is 0 Å². The number of aryl methyl sites for hydroxylation is 1. The van der Waals surface area contributed by atoms with Crippen LogP contribution in [-0.4, -0.2) is 31.5 Å². The number of carbonyl (C=O) groups is 1. The second-order valence-corrected chi connectivity index (χ2v) is 11.1. The van der Waals surface area contributed by atoms with E-state index in [-0.39, 0.29) is 24.6 Å². The van der Waals surface area contributed by atoms with Crippen molar-refractivity contribution in [1.29, 1.82) is 0 Å². The van der Waals surface area contributed by atoms with Gasteiger partial charge in [-0.15, -0.1) is 0 Å². The van der Waals surface area contributed by atoms with Crippen molar-refractivity contribution in [3.63, 3.8) is 0 Å². The molecule has 3 aliphatic rings. The SMILES string of the molecule is C[C@H]1[C@H](Nc2cnn(CC(=O)NCc3nn(C)cc3Br)c(=O)c2Br)C[C@H]2C[C@@H]1C2(C)C. The molecule has 2 aromatic rings. The summed E-state index contributed by atoms with van der Waals surface area (Å²) in [6.07, 6.45) is 5.85. The molecule has 0 unspecified atom stereocenters. The molecule has 8 nitrogen and oxygen atoms in total. The maximum absolute atomic E-state index is 12.8. The highest BCUT2D eigenvalue weighted by Crippen LogP contribution is 2.61. The van der Waals surface area contributed by atoms with Crippen molar-refractivity contribution >= 4 is 43.5 Å². The average molecular weight is 556 g/mol. The van der Waals surface area contributed by atoms with Crippen molar-refractivity contribution < 1.29 is 4.79 Å². The van der Waals surface area contributed by atoms with Crippen LogP contribution in [0.1, 0.15) is 39.3 Å². The van der Waals surface area contributed by atoms with E-state index in [9.17, 15) is 9.59 Å². The molecule has 1 amide bonds. The highest BCUT2D eigenvalue weighted by Gasteiger charge is 2.56. The summed E-state index contributed by atoms with van der Waals surface area (Å²) in [6, 6.07) is 0.324. The Bertz CT molecular complexity index is 1060. The fourth-order valence-corrected chi connectivity index (χ4v) is 6.16. The number of hydrogen-bond donors (Lipinski definition) is 2. The summed E-state index contributed by atoms with van der Waals surface area (Å²) in [5.74, 6) is 1.66. The summed E-state index contributed by atoms with van der Waals surface area (Å²) < 4.78 is 4.07. The number of rotatable bonds is 6. The van der Waals surface area contributed by atoms with Crippen molar-refractivity contribution in [3.05, 3.63) is 37.4 Å². The number of amides is 1. The van der Waals surface area contributed by atoms with Gasteiger partial charge in [0, 0.05) is 19.3 Å². The fourth-order valence-electron chi connectivity index (χ4n) is 5.22. The van der Waals surface area contributed by atoms with Crippen molar-refractivity contribution in [2.45, 2.75) is 52.7 Å². The van der Waals surface area contributed by atoms with E-state index in [0.29, 0.717) is 33.5 Å². The normalized spacial score (nSPS) is 26.3. The lowest BCUT2D eigenvalue weighted by molar-refractivity contribution is -0.122. The van der Waals surface area contributed by atoms with E-state index in [0.717, 1.165) is 22.5 Å². The van der Waals surface area contributed by atoms with Crippen LogP contribution in [0.25, 0.3) is 0 Å². The Labute approximate surface area is 198 Å². The summed E-state index contributed by atoms with van der Waals surface area (Å²) >= 11 is 6.82. The zero-order chi connectivity index (χ0) is 22.5. The molecule has 2 bridgehead atoms. The smallest absolute Gasteiger partial charge is 0.283 e. The molecule has 3 saturated carbocycles. The Morgan fingerprint density at radius 3 is 2.68 bits per heavy atom. The molecule has 31 heavy (non-hydrogen) atoms. The molecular formula is C21H28Br2N6O2. The van der Waals surface area contributed by atoms with Gasteiger partial charge in [-0.1, -0.05) is 20.8 Å². The third kappa shape index (κ3) is 4.20. The second-order valence-electron chi connectivity index (χ2n) is 9.42. The van der Waals surface area contributed by atoms with Gasteiger partial charge in [0.1, 0.15) is 11.0 Å². The van der Waals surface area contributed by atoms with Crippen molar-refractivity contribution in [2.24, 2.45) is 30.2 Å². The quantitative estimate of drug-likeness (QED) is 0.570. The number of nitrogens with zero attached hydrogens (tertiary/aromatic N) is 4. The van der Waals surface area contributed by atoms with E-state index in [4.69, 9.17) is 0 Å². The van der Waals surface area contributed by atoms with Gasteiger partial charge in [-0.05, 0) is 67.9 Å². The van der Waals surface area contributed by atoms with Gasteiger partial charge in [-0.3, -0.25) is 14.3 Å². The zero-order valence-electron chi connectivity index (χ0n) is 18.2. The molecule has 0 aromatic carbocycles. The Kier molecular flexibility index (Phi) is 6.06. The molecule has 0 saturated heterocycles. The van der Waals surface area contributed by atoms with Crippen LogP contribution in [-0.2, 0) is 24.9 Å². The molecule has 168 valence electrons. The molecule has 5 rings (SSSR count). The van der Waals surface area contributed by atoms with Crippen molar-refractivity contribution in [1.82, 2.24) is 24.9 Å². The Morgan fingerprint density at radius 1 is 1.32 bits per heavy atom. The van der Waals surface area contributed by atoms with Crippen LogP contribution in [0.5, 0.6) is 0 Å². The van der Waals surface area contributed by atoms with Gasteiger partial charge in [0.05, 0.1) is 28.6 Å². The summed E-state index contributed by atoms with van der Waals surface area (Å²) in [5, 5.41) is 14.8. The Balaban J connectivity index is 1.39. The molecule has 2 heterocycles. The number of fused-ring (bicyclic) bond motifs is 2. The van der Waals surface area contributed by atoms with E-state index in [1.165, 1.54) is 11.1 Å². The molecular weight excluding hydrogens is 528 g/mol. The van der Waals surface area contributed by atoms with E-state index in [1.54, 1.807) is 10.9 Å². The molecule has 10 heteroatoms. The molecule has 0 radical (unpaired) electrons. The zero-order valence-corrected chi connectivity index (χ0v) is 21.3. The standard InChI is InChI=1S/C21H28Br2N6O2/c1-11-13-5-12(21(13,2)3)6-15(11)26-17-8-25-29(20(31)19(17)23)10-18(30)24-7-16-14(22)9-28(4)27-16/h8-9,11-13,15,26H,5-7,10H2,1-4H3,(H,24,30)/t11-,12-,13+,15-/m1/s1. The lowest BCUT2D eigenvalue weighted by Gasteiger charge is -2.62. The lowest BCUT2D eigenvalue weighted by atomic mass is 9.45. The minimum atomic E-state index is -0.326. The molecule has 2 aromatic heterocycles. The maximum atomic E-state index is 12.8. The van der Waals surface area contributed by atoms with E-state index in [1.807, 2.05) is 13.2 Å². The molecule has 4 atom stereocenters. The minimum Gasteiger partial charge on any atom is -0.380 e. The topological polar surface area (TPSA) is 93.8 Å². The van der Waals surface area contributed by atoms with Crippen LogP contribution >= 0.6 is 31.9 Å². The predicted octanol–water partition coefficient (Wildman–Crippen LogP) is 3.30. The average Bonchev–Trinajstić information content (AvgIpc) is 3.04. The molecule has 0 aliphatic heterocycles. The van der Waals surface area contributed by atoms with E-state index in [2.05, 4.69) is 73.5 Å². The van der Waals surface area contributed by atoms with Crippen LogP contribution in [0.4, 0.5) is 5.69 Å². The van der Waals surface area contributed by atoms with E-state index < -0.39 is 0 Å². The fraction of sp³-hybridized carbons (Fsp3) is 0.619. The van der Waals surface area contributed by atoms with Crippen LogP contribution < -0.4 is 16.2 Å². The van der Waals surface area contributed by atoms with Crippen LogP contribution in [0.2, 0.25) is 0 Å². The molecule has 2 N–H and O–H groups in total. The third-order valence-corrected chi connectivity index (χ3v) is 8.71. The van der Waals surface area contributed by atoms with Gasteiger partial charge in [0.2, 0.25) is 5.91 Å². The van der Waals surface area contributed by atoms with Gasteiger partial charge >= 0.3 is 0 Å². The Hall–Kier alpha value is -1.68. The number of hydrogen-bond acceptors (Lipinski definition) is 5. The van der Waals surface area contributed by atoms with Crippen molar-refractivity contribution in [3.8, 4) is 0 Å². The largest absolute Gasteiger partial charge is 0.380 e. The predicted molar refractivity (Wildman–Crippen MR) is 126 cm³/mol. The highest BCUT2D eigenvalue weighted by molar-refractivity contribution is 9.10. The summed E-state index contributed by atoms with van der Waals surface area (Å²) in [7, 11) is 1.81. The minimum absolute atomic E-state index is 0.152. The molecule has 0 spiro atoms. The number of carbonyl (C=O) groups excluding carboxylic acids is 1. The van der Waals surface area contributed by atoms with Crippen molar-refractivity contribution in [2.75, 3.05) is 5.32 Å². The first-order valence-corrected chi connectivity index (χ1v) is 12.1. The Morgan fingerprint density at radius 2 is 2.06 bits per heavy atom. The highest BCUT2D eigenvalue weighted by atomic mass is 79.9. The molecule has 3 fully saturated rings. The first-order chi connectivity index (χ1) is 14.6. The molecule has 3 aliphatic carbocycles. The third-order valence-electron chi connectivity index (χ3n) is 7.28. The maximum Gasteiger partial charge on any atom is 0.283 e. The van der Waals surface area contributed by atoms with Gasteiger partial charge in [-0.2, -0.15) is 10.2 Å². The number of aromatic nitrogens is 4. The van der Waals surface area contributed by atoms with Gasteiger partial charge < -0.3 is 10.6 Å². The lowest BCUT2D eigenvalue weighted by Crippen LogP contribution is -2.58. The summed E-state index contributed by atoms with van der Waals surface area (Å²) in [6.45, 7) is 7.16. The van der Waals surface area contributed by atoms with Gasteiger partial charge in [-0.25, -0.2) is 4.68 Å². The van der Waals surface area contributed by atoms with Gasteiger partial charge in [0.25, 0.3) is 5.56 Å². The first kappa shape index (κ1) is 22.5.